The molecule has 0 N–H and O–H groups in total. The van der Waals surface area contributed by atoms with Crippen molar-refractivity contribution in [1.29, 1.82) is 0 Å². The van der Waals surface area contributed by atoms with Crippen LogP contribution in [0.5, 0.6) is 0 Å². The third kappa shape index (κ3) is 2.04. The lowest BCUT2D eigenvalue weighted by Crippen LogP contribution is -2.43. The molecule has 2 unspecified atom stereocenters. The van der Waals surface area contributed by atoms with Crippen molar-refractivity contribution in [2.45, 2.75) is 32.7 Å². The molecule has 0 amide bonds. The summed E-state index contributed by atoms with van der Waals surface area (Å²) in [7, 11) is 0. The molecule has 0 saturated carbocycles. The maximum atomic E-state index is 5.59. The van der Waals surface area contributed by atoms with Gasteiger partial charge in [0.1, 0.15) is 0 Å². The molecule has 1 rings (SSSR count). The molecule has 0 spiro atoms. The Bertz CT molecular complexity index is 152. The van der Waals surface area contributed by atoms with E-state index in [0.29, 0.717) is 5.92 Å². The van der Waals surface area contributed by atoms with Gasteiger partial charge >= 0.3 is 0 Å². The molecule has 0 aliphatic carbocycles. The Morgan fingerprint density at radius 3 is 2.64 bits per heavy atom. The summed E-state index contributed by atoms with van der Waals surface area (Å²) in [6.45, 7) is 10.4. The molecule has 1 aliphatic heterocycles. The van der Waals surface area contributed by atoms with Gasteiger partial charge < -0.3 is 9.47 Å². The lowest BCUT2D eigenvalue weighted by Gasteiger charge is -2.38. The molecular weight excluding hydrogens is 140 g/mol. The maximum absolute atomic E-state index is 5.59. The first-order chi connectivity index (χ1) is 5.05. The second kappa shape index (κ2) is 2.95. The van der Waals surface area contributed by atoms with Crippen molar-refractivity contribution >= 4 is 0 Å². The Hall–Kier alpha value is -0.340. The largest absolute Gasteiger partial charge is 0.350 e. The first-order valence-electron chi connectivity index (χ1n) is 3.99. The summed E-state index contributed by atoms with van der Waals surface area (Å²) >= 11 is 0. The second-order valence-electron chi connectivity index (χ2n) is 3.51. The van der Waals surface area contributed by atoms with Crippen LogP contribution in [-0.4, -0.2) is 18.5 Å². The zero-order chi connectivity index (χ0) is 8.48. The van der Waals surface area contributed by atoms with E-state index in [0.717, 1.165) is 6.61 Å². The van der Waals surface area contributed by atoms with E-state index in [9.17, 15) is 0 Å². The van der Waals surface area contributed by atoms with Crippen molar-refractivity contribution in [3.8, 4) is 0 Å². The van der Waals surface area contributed by atoms with Gasteiger partial charge in [0.2, 0.25) is 0 Å². The van der Waals surface area contributed by atoms with E-state index in [1.165, 1.54) is 0 Å². The number of rotatable bonds is 1. The summed E-state index contributed by atoms with van der Waals surface area (Å²) in [4.78, 5) is 0. The van der Waals surface area contributed by atoms with Gasteiger partial charge in [-0.15, -0.1) is 6.58 Å². The number of hydrogen-bond acceptors (Lipinski definition) is 2. The molecule has 11 heavy (non-hydrogen) atoms. The van der Waals surface area contributed by atoms with Crippen molar-refractivity contribution in [3.05, 3.63) is 12.7 Å². The molecule has 0 radical (unpaired) electrons. The third-order valence-corrected chi connectivity index (χ3v) is 1.91. The molecule has 2 atom stereocenters. The molecule has 64 valence electrons. The van der Waals surface area contributed by atoms with E-state index in [4.69, 9.17) is 9.47 Å². The Balaban J connectivity index is 2.58. The number of ether oxygens (including phenoxy) is 2. The lowest BCUT2D eigenvalue weighted by molar-refractivity contribution is -0.279. The fraction of sp³-hybridized carbons (Fsp3) is 0.778. The topological polar surface area (TPSA) is 18.5 Å². The van der Waals surface area contributed by atoms with Crippen molar-refractivity contribution in [2.75, 3.05) is 6.61 Å². The van der Waals surface area contributed by atoms with Crippen LogP contribution in [0.15, 0.2) is 12.7 Å². The van der Waals surface area contributed by atoms with Gasteiger partial charge in [-0.3, -0.25) is 0 Å². The normalized spacial score (nSPS) is 36.6. The number of hydrogen-bond donors (Lipinski definition) is 0. The SMILES string of the molecule is C=CC1OC(C)(C)OCC1C. The van der Waals surface area contributed by atoms with Gasteiger partial charge in [-0.05, 0) is 13.8 Å². The zero-order valence-corrected chi connectivity index (χ0v) is 7.46. The standard InChI is InChI=1S/C9H16O2/c1-5-8-7(2)6-10-9(3,4)11-8/h5,7-8H,1,6H2,2-4H3. The van der Waals surface area contributed by atoms with Gasteiger partial charge in [0.05, 0.1) is 12.7 Å². The predicted octanol–water partition coefficient (Wildman–Crippen LogP) is 1.96. The van der Waals surface area contributed by atoms with Crippen LogP contribution in [0.25, 0.3) is 0 Å². The van der Waals surface area contributed by atoms with E-state index in [1.54, 1.807) is 0 Å². The lowest BCUT2D eigenvalue weighted by atomic mass is 10.0. The van der Waals surface area contributed by atoms with Crippen molar-refractivity contribution in [3.63, 3.8) is 0 Å². The quantitative estimate of drug-likeness (QED) is 0.540. The Morgan fingerprint density at radius 2 is 2.18 bits per heavy atom. The highest BCUT2D eigenvalue weighted by Crippen LogP contribution is 2.25. The highest BCUT2D eigenvalue weighted by Gasteiger charge is 2.32. The summed E-state index contributed by atoms with van der Waals surface area (Å²) in [6, 6.07) is 0. The van der Waals surface area contributed by atoms with Gasteiger partial charge in [-0.25, -0.2) is 0 Å². The van der Waals surface area contributed by atoms with Gasteiger partial charge in [-0.2, -0.15) is 0 Å². The highest BCUT2D eigenvalue weighted by atomic mass is 16.7. The second-order valence-corrected chi connectivity index (χ2v) is 3.51. The van der Waals surface area contributed by atoms with E-state index < -0.39 is 5.79 Å². The molecule has 1 heterocycles. The first-order valence-corrected chi connectivity index (χ1v) is 3.99. The van der Waals surface area contributed by atoms with Gasteiger partial charge in [0.25, 0.3) is 0 Å². The van der Waals surface area contributed by atoms with Crippen molar-refractivity contribution < 1.29 is 9.47 Å². The average molecular weight is 156 g/mol. The first kappa shape index (κ1) is 8.75. The van der Waals surface area contributed by atoms with Crippen molar-refractivity contribution in [1.82, 2.24) is 0 Å². The molecule has 0 aromatic heterocycles. The van der Waals surface area contributed by atoms with Crippen LogP contribution in [0.2, 0.25) is 0 Å². The minimum absolute atomic E-state index is 0.138. The molecular formula is C9H16O2. The molecule has 2 nitrogen and oxygen atoms in total. The fourth-order valence-corrected chi connectivity index (χ4v) is 1.19. The van der Waals surface area contributed by atoms with Gasteiger partial charge in [-0.1, -0.05) is 13.0 Å². The van der Waals surface area contributed by atoms with Gasteiger partial charge in [0, 0.05) is 5.92 Å². The van der Waals surface area contributed by atoms with Crippen LogP contribution in [-0.2, 0) is 9.47 Å². The molecule has 1 aliphatic rings. The fourth-order valence-electron chi connectivity index (χ4n) is 1.19. The Labute approximate surface area is 68.2 Å². The molecule has 1 saturated heterocycles. The van der Waals surface area contributed by atoms with Gasteiger partial charge in [0.15, 0.2) is 5.79 Å². The highest BCUT2D eigenvalue weighted by molar-refractivity contribution is 4.87. The predicted molar refractivity (Wildman–Crippen MR) is 44.3 cm³/mol. The van der Waals surface area contributed by atoms with Crippen LogP contribution in [0.1, 0.15) is 20.8 Å². The molecule has 1 fully saturated rings. The monoisotopic (exact) mass is 156 g/mol. The minimum atomic E-state index is -0.439. The van der Waals surface area contributed by atoms with E-state index in [-0.39, 0.29) is 6.10 Å². The van der Waals surface area contributed by atoms with Crippen LogP contribution in [0.3, 0.4) is 0 Å². The molecule has 0 bridgehead atoms. The van der Waals surface area contributed by atoms with Crippen LogP contribution in [0, 0.1) is 5.92 Å². The Kier molecular flexibility index (Phi) is 2.35. The summed E-state index contributed by atoms with van der Waals surface area (Å²) in [5.74, 6) is -0.0220. The van der Waals surface area contributed by atoms with Crippen LogP contribution in [0.4, 0.5) is 0 Å². The minimum Gasteiger partial charge on any atom is -0.350 e. The van der Waals surface area contributed by atoms with E-state index in [1.807, 2.05) is 19.9 Å². The maximum Gasteiger partial charge on any atom is 0.163 e. The van der Waals surface area contributed by atoms with Crippen LogP contribution >= 0.6 is 0 Å². The van der Waals surface area contributed by atoms with E-state index in [2.05, 4.69) is 13.5 Å². The van der Waals surface area contributed by atoms with E-state index >= 15 is 0 Å². The summed E-state index contributed by atoms with van der Waals surface area (Å²) in [6.07, 6.45) is 1.98. The van der Waals surface area contributed by atoms with Crippen LogP contribution < -0.4 is 0 Å². The molecule has 2 heteroatoms. The smallest absolute Gasteiger partial charge is 0.163 e. The van der Waals surface area contributed by atoms with Crippen molar-refractivity contribution in [2.24, 2.45) is 5.92 Å². The summed E-state index contributed by atoms with van der Waals surface area (Å²) in [5, 5.41) is 0. The molecule has 0 aromatic carbocycles. The Morgan fingerprint density at radius 1 is 1.55 bits per heavy atom. The molecule has 0 aromatic rings. The third-order valence-electron chi connectivity index (χ3n) is 1.91. The average Bonchev–Trinajstić information content (AvgIpc) is 1.94. The zero-order valence-electron chi connectivity index (χ0n) is 7.46. The summed E-state index contributed by atoms with van der Waals surface area (Å²) in [5.41, 5.74) is 0. The summed E-state index contributed by atoms with van der Waals surface area (Å²) < 4.78 is 11.0.